The maximum Gasteiger partial charge on any atom is 0.305 e. The maximum absolute atomic E-state index is 12.5. The molecule has 0 heterocycles. The molecule has 1 amide bonds. The van der Waals surface area contributed by atoms with E-state index in [1.165, 1.54) is 289 Å². The molecule has 0 radical (unpaired) electrons. The van der Waals surface area contributed by atoms with Crippen LogP contribution in [0.5, 0.6) is 0 Å². The lowest BCUT2D eigenvalue weighted by atomic mass is 10.0. The van der Waals surface area contributed by atoms with Gasteiger partial charge in [0.05, 0.1) is 25.4 Å². The summed E-state index contributed by atoms with van der Waals surface area (Å²) in [6.07, 6.45) is 75.1. The smallest absolute Gasteiger partial charge is 0.305 e. The zero-order valence-corrected chi connectivity index (χ0v) is 48.9. The molecule has 0 bridgehead atoms. The predicted octanol–water partition coefficient (Wildman–Crippen LogP) is 20.8. The summed E-state index contributed by atoms with van der Waals surface area (Å²) in [6, 6.07) is -0.552. The van der Waals surface area contributed by atoms with E-state index in [0.29, 0.717) is 25.9 Å². The van der Waals surface area contributed by atoms with E-state index in [0.717, 1.165) is 51.4 Å². The van der Waals surface area contributed by atoms with Crippen LogP contribution in [0.4, 0.5) is 0 Å². The lowest BCUT2D eigenvalue weighted by Crippen LogP contribution is -2.45. The van der Waals surface area contributed by atoms with Gasteiger partial charge in [0, 0.05) is 12.8 Å². The normalized spacial score (nSPS) is 12.6. The van der Waals surface area contributed by atoms with E-state index in [-0.39, 0.29) is 18.5 Å². The summed E-state index contributed by atoms with van der Waals surface area (Å²) in [5.74, 6) is -0.0498. The Hall–Kier alpha value is -1.40. The molecule has 0 aromatic carbocycles. The second-order valence-electron chi connectivity index (χ2n) is 22.8. The Morgan fingerprint density at radius 3 is 0.986 bits per heavy atom. The van der Waals surface area contributed by atoms with Crippen LogP contribution in [0.3, 0.4) is 0 Å². The van der Waals surface area contributed by atoms with Crippen LogP contribution in [0.2, 0.25) is 0 Å². The van der Waals surface area contributed by atoms with Crippen molar-refractivity contribution in [3.63, 3.8) is 0 Å². The van der Waals surface area contributed by atoms with Crippen molar-refractivity contribution in [3.8, 4) is 0 Å². The number of hydrogen-bond donors (Lipinski definition) is 3. The quantitative estimate of drug-likeness (QED) is 0.0320. The van der Waals surface area contributed by atoms with Crippen molar-refractivity contribution < 1.29 is 24.5 Å². The number of unbranched alkanes of at least 4 members (excludes halogenated alkanes) is 49. The van der Waals surface area contributed by atoms with E-state index in [1.807, 2.05) is 0 Å². The molecule has 0 aliphatic rings. The minimum Gasteiger partial charge on any atom is -0.466 e. The van der Waals surface area contributed by atoms with Gasteiger partial charge in [-0.25, -0.2) is 0 Å². The molecule has 2 atom stereocenters. The molecule has 428 valence electrons. The fourth-order valence-corrected chi connectivity index (χ4v) is 10.5. The first-order valence-electron chi connectivity index (χ1n) is 32.9. The van der Waals surface area contributed by atoms with E-state index in [2.05, 4.69) is 31.3 Å². The Labute approximate surface area is 450 Å². The third kappa shape index (κ3) is 57.9. The molecule has 0 aromatic rings. The standard InChI is InChI=1S/C66H129NO5/c1-3-5-7-9-11-13-15-17-19-21-23-24-25-26-27-28-29-31-34-38-42-46-50-54-58-64(69)63(62-68)67-65(70)59-55-51-47-43-39-35-33-37-41-45-49-53-57-61-72-66(71)60-56-52-48-44-40-36-32-30-22-20-18-16-14-12-10-8-6-4-2/h20,22,63-64,68-69H,3-19,21,23-62H2,1-2H3,(H,67,70)/b22-20-. The molecule has 72 heavy (non-hydrogen) atoms. The van der Waals surface area contributed by atoms with Crippen LogP contribution in [0.25, 0.3) is 0 Å². The highest BCUT2D eigenvalue weighted by Crippen LogP contribution is 2.19. The summed E-state index contributed by atoms with van der Waals surface area (Å²) in [6.45, 7) is 4.96. The molecule has 0 aliphatic heterocycles. The number of rotatable bonds is 62. The van der Waals surface area contributed by atoms with Crippen LogP contribution in [-0.4, -0.2) is 47.4 Å². The molecule has 6 nitrogen and oxygen atoms in total. The van der Waals surface area contributed by atoms with Crippen LogP contribution in [0, 0.1) is 0 Å². The Bertz CT molecular complexity index is 1080. The number of ether oxygens (including phenoxy) is 1. The summed E-state index contributed by atoms with van der Waals surface area (Å²) < 4.78 is 5.49. The van der Waals surface area contributed by atoms with Gasteiger partial charge in [0.15, 0.2) is 0 Å². The van der Waals surface area contributed by atoms with Crippen molar-refractivity contribution in [1.29, 1.82) is 0 Å². The van der Waals surface area contributed by atoms with Gasteiger partial charge in [-0.2, -0.15) is 0 Å². The summed E-state index contributed by atoms with van der Waals surface area (Å²) in [5.41, 5.74) is 0. The summed E-state index contributed by atoms with van der Waals surface area (Å²) >= 11 is 0. The third-order valence-corrected chi connectivity index (χ3v) is 15.6. The average molecular weight is 1020 g/mol. The van der Waals surface area contributed by atoms with Gasteiger partial charge in [0.2, 0.25) is 5.91 Å². The second kappa shape index (κ2) is 62.1. The molecule has 0 spiro atoms. The predicted molar refractivity (Wildman–Crippen MR) is 315 cm³/mol. The van der Waals surface area contributed by atoms with Crippen molar-refractivity contribution in [3.05, 3.63) is 12.2 Å². The van der Waals surface area contributed by atoms with Gasteiger partial charge in [-0.3, -0.25) is 9.59 Å². The number of esters is 1. The topological polar surface area (TPSA) is 95.9 Å². The number of aliphatic hydroxyl groups excluding tert-OH is 2. The molecule has 0 rings (SSSR count). The Morgan fingerprint density at radius 1 is 0.375 bits per heavy atom. The minimum absolute atomic E-state index is 0.00670. The molecular weight excluding hydrogens is 887 g/mol. The van der Waals surface area contributed by atoms with E-state index >= 15 is 0 Å². The number of amides is 1. The SMILES string of the molecule is CCCCCCCCC/C=C\CCCCCCCCCC(=O)OCCCCCCCCCCCCCCCC(=O)NC(CO)C(O)CCCCCCCCCCCCCCCCCCCCCCCCCC. The highest BCUT2D eigenvalue weighted by molar-refractivity contribution is 5.76. The van der Waals surface area contributed by atoms with Gasteiger partial charge in [0.1, 0.15) is 0 Å². The van der Waals surface area contributed by atoms with Crippen molar-refractivity contribution in [2.75, 3.05) is 13.2 Å². The van der Waals surface area contributed by atoms with Crippen LogP contribution in [-0.2, 0) is 14.3 Å². The molecule has 0 aromatic heterocycles. The van der Waals surface area contributed by atoms with Gasteiger partial charge in [-0.05, 0) is 51.4 Å². The first kappa shape index (κ1) is 70.6. The van der Waals surface area contributed by atoms with Crippen LogP contribution in [0.1, 0.15) is 373 Å². The molecular formula is C66H129NO5. The number of nitrogens with one attached hydrogen (secondary N) is 1. The lowest BCUT2D eigenvalue weighted by Gasteiger charge is -2.22. The van der Waals surface area contributed by atoms with E-state index < -0.39 is 12.1 Å². The molecule has 0 saturated carbocycles. The van der Waals surface area contributed by atoms with Crippen LogP contribution in [0.15, 0.2) is 12.2 Å². The van der Waals surface area contributed by atoms with Gasteiger partial charge in [0.25, 0.3) is 0 Å². The average Bonchev–Trinajstić information content (AvgIpc) is 3.38. The minimum atomic E-state index is -0.674. The number of allylic oxidation sites excluding steroid dienone is 2. The molecule has 2 unspecified atom stereocenters. The lowest BCUT2D eigenvalue weighted by molar-refractivity contribution is -0.143. The molecule has 6 heteroatoms. The monoisotopic (exact) mass is 1020 g/mol. The third-order valence-electron chi connectivity index (χ3n) is 15.6. The number of hydrogen-bond acceptors (Lipinski definition) is 5. The van der Waals surface area contributed by atoms with Crippen molar-refractivity contribution >= 4 is 11.9 Å². The van der Waals surface area contributed by atoms with Crippen molar-refractivity contribution in [2.45, 2.75) is 386 Å². The van der Waals surface area contributed by atoms with Gasteiger partial charge in [-0.15, -0.1) is 0 Å². The Morgan fingerprint density at radius 2 is 0.653 bits per heavy atom. The van der Waals surface area contributed by atoms with Gasteiger partial charge >= 0.3 is 5.97 Å². The van der Waals surface area contributed by atoms with Crippen LogP contribution < -0.4 is 5.32 Å². The summed E-state index contributed by atoms with van der Waals surface area (Å²) in [7, 11) is 0. The van der Waals surface area contributed by atoms with Crippen LogP contribution >= 0.6 is 0 Å². The van der Waals surface area contributed by atoms with Crippen molar-refractivity contribution in [2.24, 2.45) is 0 Å². The van der Waals surface area contributed by atoms with Gasteiger partial charge in [-0.1, -0.05) is 321 Å². The Kier molecular flexibility index (Phi) is 60.9. The largest absolute Gasteiger partial charge is 0.466 e. The highest BCUT2D eigenvalue weighted by Gasteiger charge is 2.20. The molecule has 0 fully saturated rings. The summed E-state index contributed by atoms with van der Waals surface area (Å²) in [5, 5.41) is 23.4. The maximum atomic E-state index is 12.5. The first-order chi connectivity index (χ1) is 35.5. The molecule has 0 saturated heterocycles. The highest BCUT2D eigenvalue weighted by atomic mass is 16.5. The molecule has 3 N–H and O–H groups in total. The van der Waals surface area contributed by atoms with Crippen molar-refractivity contribution in [1.82, 2.24) is 5.32 Å². The Balaban J connectivity index is 3.42. The number of aliphatic hydroxyl groups is 2. The van der Waals surface area contributed by atoms with Gasteiger partial charge < -0.3 is 20.3 Å². The second-order valence-corrected chi connectivity index (χ2v) is 22.8. The van der Waals surface area contributed by atoms with E-state index in [1.54, 1.807) is 0 Å². The fourth-order valence-electron chi connectivity index (χ4n) is 10.5. The fraction of sp³-hybridized carbons (Fsp3) is 0.939. The summed E-state index contributed by atoms with van der Waals surface area (Å²) in [4.78, 5) is 24.6. The van der Waals surface area contributed by atoms with E-state index in [4.69, 9.17) is 4.74 Å². The zero-order chi connectivity index (χ0) is 52.2. The number of carbonyl (C=O) groups is 2. The van der Waals surface area contributed by atoms with E-state index in [9.17, 15) is 19.8 Å². The molecule has 0 aliphatic carbocycles. The zero-order valence-electron chi connectivity index (χ0n) is 48.9. The number of carbonyl (C=O) groups excluding carboxylic acids is 2. The first-order valence-corrected chi connectivity index (χ1v) is 32.9.